The molecule has 3 heteroatoms. The summed E-state index contributed by atoms with van der Waals surface area (Å²) in [6.07, 6.45) is 2.61. The van der Waals surface area contributed by atoms with E-state index >= 15 is 0 Å². The quantitative estimate of drug-likeness (QED) is 0.893. The summed E-state index contributed by atoms with van der Waals surface area (Å²) in [6.45, 7) is 5.65. The summed E-state index contributed by atoms with van der Waals surface area (Å²) in [5, 5.41) is 3.42. The monoisotopic (exact) mass is 259 g/mol. The predicted octanol–water partition coefficient (Wildman–Crippen LogP) is 1.82. The van der Waals surface area contributed by atoms with Crippen molar-refractivity contribution in [1.29, 1.82) is 0 Å². The van der Waals surface area contributed by atoms with Gasteiger partial charge in [0.15, 0.2) is 0 Å². The van der Waals surface area contributed by atoms with Gasteiger partial charge < -0.3 is 10.2 Å². The Morgan fingerprint density at radius 3 is 2.74 bits per heavy atom. The maximum Gasteiger partial charge on any atom is 0.0233 e. The SMILES string of the molecule is CN1CCC(N(C)Cc2ccc3c(c2)CNC3)CC1. The van der Waals surface area contributed by atoms with Crippen LogP contribution in [0.25, 0.3) is 0 Å². The minimum atomic E-state index is 0.752. The number of benzene rings is 1. The van der Waals surface area contributed by atoms with Crippen LogP contribution in [-0.2, 0) is 19.6 Å². The second-order valence-corrected chi connectivity index (χ2v) is 6.16. The van der Waals surface area contributed by atoms with Crippen molar-refractivity contribution < 1.29 is 0 Å². The van der Waals surface area contributed by atoms with Crippen molar-refractivity contribution in [3.63, 3.8) is 0 Å². The van der Waals surface area contributed by atoms with E-state index < -0.39 is 0 Å². The second kappa shape index (κ2) is 5.61. The van der Waals surface area contributed by atoms with Crippen LogP contribution >= 0.6 is 0 Å². The standard InChI is InChI=1S/C16H25N3/c1-18-7-5-16(6-8-18)19(2)12-13-3-4-14-10-17-11-15(14)9-13/h3-4,9,16-17H,5-8,10-12H2,1-2H3. The Kier molecular flexibility index (Phi) is 3.87. The van der Waals surface area contributed by atoms with Crippen LogP contribution in [0.15, 0.2) is 18.2 Å². The predicted molar refractivity (Wildman–Crippen MR) is 79.0 cm³/mol. The molecule has 3 rings (SSSR count). The molecule has 0 aliphatic carbocycles. The highest BCUT2D eigenvalue weighted by Gasteiger charge is 2.20. The molecule has 2 heterocycles. The third kappa shape index (κ3) is 2.99. The molecule has 2 aliphatic rings. The molecule has 1 fully saturated rings. The summed E-state index contributed by atoms with van der Waals surface area (Å²) in [6, 6.07) is 7.74. The number of fused-ring (bicyclic) bond motifs is 1. The van der Waals surface area contributed by atoms with Crippen LogP contribution in [0.3, 0.4) is 0 Å². The topological polar surface area (TPSA) is 18.5 Å². The van der Waals surface area contributed by atoms with Gasteiger partial charge in [-0.2, -0.15) is 0 Å². The average molecular weight is 259 g/mol. The fraction of sp³-hybridized carbons (Fsp3) is 0.625. The molecule has 1 aromatic carbocycles. The number of likely N-dealkylation sites (tertiary alicyclic amines) is 1. The van der Waals surface area contributed by atoms with Gasteiger partial charge in [-0.25, -0.2) is 0 Å². The van der Waals surface area contributed by atoms with E-state index in [-0.39, 0.29) is 0 Å². The second-order valence-electron chi connectivity index (χ2n) is 6.16. The first-order chi connectivity index (χ1) is 9.22. The van der Waals surface area contributed by atoms with Gasteiger partial charge in [-0.1, -0.05) is 18.2 Å². The van der Waals surface area contributed by atoms with Gasteiger partial charge >= 0.3 is 0 Å². The number of hydrogen-bond acceptors (Lipinski definition) is 3. The van der Waals surface area contributed by atoms with Gasteiger partial charge in [0.2, 0.25) is 0 Å². The average Bonchev–Trinajstić information content (AvgIpc) is 2.87. The zero-order valence-corrected chi connectivity index (χ0v) is 12.2. The summed E-state index contributed by atoms with van der Waals surface area (Å²) in [5.74, 6) is 0. The molecule has 0 spiro atoms. The molecule has 2 aliphatic heterocycles. The van der Waals surface area contributed by atoms with E-state index in [1.165, 1.54) is 42.6 Å². The van der Waals surface area contributed by atoms with Crippen molar-refractivity contribution in [3.8, 4) is 0 Å². The third-order valence-electron chi connectivity index (χ3n) is 4.64. The van der Waals surface area contributed by atoms with Crippen LogP contribution in [0.5, 0.6) is 0 Å². The minimum Gasteiger partial charge on any atom is -0.309 e. The van der Waals surface area contributed by atoms with Crippen LogP contribution in [0, 0.1) is 0 Å². The molecule has 1 N–H and O–H groups in total. The van der Waals surface area contributed by atoms with Gasteiger partial charge in [-0.05, 0) is 56.7 Å². The lowest BCUT2D eigenvalue weighted by atomic mass is 10.0. The fourth-order valence-corrected chi connectivity index (χ4v) is 3.30. The number of piperidine rings is 1. The highest BCUT2D eigenvalue weighted by atomic mass is 15.2. The van der Waals surface area contributed by atoms with Gasteiger partial charge in [0.25, 0.3) is 0 Å². The third-order valence-corrected chi connectivity index (χ3v) is 4.64. The molecule has 0 radical (unpaired) electrons. The molecule has 19 heavy (non-hydrogen) atoms. The summed E-state index contributed by atoms with van der Waals surface area (Å²) in [7, 11) is 4.51. The van der Waals surface area contributed by atoms with E-state index in [0.717, 1.165) is 25.7 Å². The molecular formula is C16H25N3. The Morgan fingerprint density at radius 1 is 1.21 bits per heavy atom. The van der Waals surface area contributed by atoms with Crippen molar-refractivity contribution in [2.75, 3.05) is 27.2 Å². The smallest absolute Gasteiger partial charge is 0.0233 e. The molecule has 1 aromatic rings. The maximum atomic E-state index is 3.42. The lowest BCUT2D eigenvalue weighted by Gasteiger charge is -2.35. The van der Waals surface area contributed by atoms with Crippen molar-refractivity contribution in [2.45, 2.75) is 38.5 Å². The van der Waals surface area contributed by atoms with Gasteiger partial charge in [0.1, 0.15) is 0 Å². The Bertz CT molecular complexity index is 436. The molecule has 0 atom stereocenters. The van der Waals surface area contributed by atoms with Crippen molar-refractivity contribution >= 4 is 0 Å². The number of rotatable bonds is 3. The molecule has 0 amide bonds. The molecule has 104 valence electrons. The molecule has 0 saturated carbocycles. The van der Waals surface area contributed by atoms with Gasteiger partial charge in [0.05, 0.1) is 0 Å². The summed E-state index contributed by atoms with van der Waals surface area (Å²) < 4.78 is 0. The zero-order valence-electron chi connectivity index (χ0n) is 12.2. The molecule has 0 aromatic heterocycles. The molecule has 3 nitrogen and oxygen atoms in total. The van der Waals surface area contributed by atoms with E-state index in [4.69, 9.17) is 0 Å². The lowest BCUT2D eigenvalue weighted by molar-refractivity contribution is 0.139. The summed E-state index contributed by atoms with van der Waals surface area (Å²) in [5.41, 5.74) is 4.43. The normalized spacial score (nSPS) is 21.0. The minimum absolute atomic E-state index is 0.752. The van der Waals surface area contributed by atoms with Crippen LogP contribution in [0.4, 0.5) is 0 Å². The van der Waals surface area contributed by atoms with Gasteiger partial charge in [-0.3, -0.25) is 4.90 Å². The first-order valence-corrected chi connectivity index (χ1v) is 7.42. The Balaban J connectivity index is 1.61. The molecule has 1 saturated heterocycles. The van der Waals surface area contributed by atoms with Crippen molar-refractivity contribution in [3.05, 3.63) is 34.9 Å². The number of nitrogens with zero attached hydrogens (tertiary/aromatic N) is 2. The van der Waals surface area contributed by atoms with E-state index in [1.807, 2.05) is 0 Å². The van der Waals surface area contributed by atoms with Crippen LogP contribution < -0.4 is 5.32 Å². The highest BCUT2D eigenvalue weighted by molar-refractivity contribution is 5.34. The Morgan fingerprint density at radius 2 is 1.95 bits per heavy atom. The lowest BCUT2D eigenvalue weighted by Crippen LogP contribution is -2.41. The van der Waals surface area contributed by atoms with Crippen LogP contribution in [0.2, 0.25) is 0 Å². The maximum absolute atomic E-state index is 3.42. The molecule has 0 unspecified atom stereocenters. The first kappa shape index (κ1) is 13.1. The van der Waals surface area contributed by atoms with Crippen LogP contribution in [0.1, 0.15) is 29.5 Å². The van der Waals surface area contributed by atoms with E-state index in [0.29, 0.717) is 0 Å². The summed E-state index contributed by atoms with van der Waals surface area (Å²) >= 11 is 0. The Labute approximate surface area is 116 Å². The molecule has 0 bridgehead atoms. The van der Waals surface area contributed by atoms with E-state index in [1.54, 1.807) is 0 Å². The zero-order chi connectivity index (χ0) is 13.2. The summed E-state index contributed by atoms with van der Waals surface area (Å²) in [4.78, 5) is 4.97. The van der Waals surface area contributed by atoms with Gasteiger partial charge in [0, 0.05) is 25.7 Å². The first-order valence-electron chi connectivity index (χ1n) is 7.42. The number of nitrogens with one attached hydrogen (secondary N) is 1. The Hall–Kier alpha value is -0.900. The van der Waals surface area contributed by atoms with Crippen molar-refractivity contribution in [2.24, 2.45) is 0 Å². The van der Waals surface area contributed by atoms with Crippen molar-refractivity contribution in [1.82, 2.24) is 15.1 Å². The van der Waals surface area contributed by atoms with E-state index in [9.17, 15) is 0 Å². The highest BCUT2D eigenvalue weighted by Crippen LogP contribution is 2.20. The van der Waals surface area contributed by atoms with Gasteiger partial charge in [-0.15, -0.1) is 0 Å². The largest absolute Gasteiger partial charge is 0.309 e. The molecular weight excluding hydrogens is 234 g/mol. The van der Waals surface area contributed by atoms with E-state index in [2.05, 4.69) is 47.4 Å². The van der Waals surface area contributed by atoms with Crippen LogP contribution in [-0.4, -0.2) is 43.0 Å². The fourth-order valence-electron chi connectivity index (χ4n) is 3.30. The number of hydrogen-bond donors (Lipinski definition) is 1.